The summed E-state index contributed by atoms with van der Waals surface area (Å²) in [7, 11) is 0. The number of carbonyl (C=O) groups excluding carboxylic acids is 4. The zero-order chi connectivity index (χ0) is 18.3. The smallest absolute Gasteiger partial charge is 0.253 e. The first-order chi connectivity index (χ1) is 11.2. The van der Waals surface area contributed by atoms with Crippen LogP contribution in [0.25, 0.3) is 0 Å². The summed E-state index contributed by atoms with van der Waals surface area (Å²) in [6.07, 6.45) is 0. The predicted octanol–water partition coefficient (Wildman–Crippen LogP) is 4.89. The van der Waals surface area contributed by atoms with Crippen LogP contribution in [0, 0.1) is 0 Å². The van der Waals surface area contributed by atoms with E-state index in [1.807, 2.05) is 0 Å². The number of hydrogen-bond acceptors (Lipinski definition) is 4. The van der Waals surface area contributed by atoms with E-state index in [4.69, 9.17) is 46.4 Å². The molecule has 0 saturated carbocycles. The molecule has 0 aliphatic rings. The Balaban J connectivity index is 0.000000240. The van der Waals surface area contributed by atoms with E-state index in [1.165, 1.54) is 30.3 Å². The van der Waals surface area contributed by atoms with Gasteiger partial charge in [0, 0.05) is 22.3 Å². The molecule has 0 fully saturated rings. The zero-order valence-corrected chi connectivity index (χ0v) is 14.8. The first kappa shape index (κ1) is 20.3. The van der Waals surface area contributed by atoms with Crippen molar-refractivity contribution in [2.45, 2.75) is 0 Å². The van der Waals surface area contributed by atoms with Gasteiger partial charge in [0.15, 0.2) is 0 Å². The van der Waals surface area contributed by atoms with E-state index in [0.29, 0.717) is 0 Å². The van der Waals surface area contributed by atoms with Crippen LogP contribution in [-0.2, 0) is 0 Å². The lowest BCUT2D eigenvalue weighted by Gasteiger charge is -1.98. The van der Waals surface area contributed by atoms with Gasteiger partial charge in [-0.15, -0.1) is 0 Å². The van der Waals surface area contributed by atoms with Crippen LogP contribution in [0.4, 0.5) is 0 Å². The average Bonchev–Trinajstić information content (AvgIpc) is 2.55. The molecule has 4 nitrogen and oxygen atoms in total. The first-order valence-electron chi connectivity index (χ1n) is 6.22. The van der Waals surface area contributed by atoms with Gasteiger partial charge < -0.3 is 0 Å². The standard InChI is InChI=1S/2C8H4Cl2O2/c9-7(11)5-2-1-3-6(4-5)8(10)12;9-7(11)5-3-1-2-4-6(5)8(10)12/h2*1-4H. The molecule has 24 heavy (non-hydrogen) atoms. The van der Waals surface area contributed by atoms with E-state index < -0.39 is 21.0 Å². The second-order valence-electron chi connectivity index (χ2n) is 4.22. The highest BCUT2D eigenvalue weighted by atomic mass is 35.5. The Hall–Kier alpha value is -1.72. The molecule has 8 heteroatoms. The van der Waals surface area contributed by atoms with Gasteiger partial charge in [-0.2, -0.15) is 0 Å². The lowest BCUT2D eigenvalue weighted by atomic mass is 10.1. The summed E-state index contributed by atoms with van der Waals surface area (Å²) in [5.41, 5.74) is 0.810. The fourth-order valence-corrected chi connectivity index (χ4v) is 2.15. The highest BCUT2D eigenvalue weighted by molar-refractivity contribution is 6.72. The van der Waals surface area contributed by atoms with Crippen molar-refractivity contribution in [1.29, 1.82) is 0 Å². The Morgan fingerprint density at radius 3 is 1.21 bits per heavy atom. The lowest BCUT2D eigenvalue weighted by molar-refractivity contribution is 0.105. The molecule has 2 aromatic carbocycles. The maximum atomic E-state index is 10.7. The molecular formula is C16H8Cl4O4. The van der Waals surface area contributed by atoms with Crippen LogP contribution in [-0.4, -0.2) is 21.0 Å². The van der Waals surface area contributed by atoms with Crippen molar-refractivity contribution in [3.63, 3.8) is 0 Å². The molecule has 0 saturated heterocycles. The highest BCUT2D eigenvalue weighted by Crippen LogP contribution is 2.13. The number of carbonyl (C=O) groups is 4. The molecule has 2 aromatic rings. The molecule has 0 heterocycles. The van der Waals surface area contributed by atoms with Crippen LogP contribution in [0.1, 0.15) is 41.4 Å². The fourth-order valence-electron chi connectivity index (χ4n) is 1.59. The number of rotatable bonds is 4. The molecule has 0 N–H and O–H groups in total. The number of halogens is 4. The van der Waals surface area contributed by atoms with Gasteiger partial charge in [0.1, 0.15) is 0 Å². The van der Waals surface area contributed by atoms with Crippen molar-refractivity contribution in [2.24, 2.45) is 0 Å². The normalized spacial score (nSPS) is 9.50. The molecule has 0 bridgehead atoms. The number of benzene rings is 2. The lowest BCUT2D eigenvalue weighted by Crippen LogP contribution is -1.99. The van der Waals surface area contributed by atoms with Crippen LogP contribution in [0.2, 0.25) is 0 Å². The van der Waals surface area contributed by atoms with Crippen LogP contribution in [0.5, 0.6) is 0 Å². The highest BCUT2D eigenvalue weighted by Gasteiger charge is 2.12. The predicted molar refractivity (Wildman–Crippen MR) is 93.6 cm³/mol. The third kappa shape index (κ3) is 6.06. The van der Waals surface area contributed by atoms with Gasteiger partial charge in [0.2, 0.25) is 0 Å². The van der Waals surface area contributed by atoms with E-state index in [9.17, 15) is 19.2 Å². The van der Waals surface area contributed by atoms with Crippen LogP contribution in [0.3, 0.4) is 0 Å². The maximum Gasteiger partial charge on any atom is 0.253 e. The van der Waals surface area contributed by atoms with Gasteiger partial charge >= 0.3 is 0 Å². The van der Waals surface area contributed by atoms with Crippen molar-refractivity contribution in [3.05, 3.63) is 70.8 Å². The van der Waals surface area contributed by atoms with Crippen LogP contribution < -0.4 is 0 Å². The van der Waals surface area contributed by atoms with E-state index in [1.54, 1.807) is 18.2 Å². The number of hydrogen-bond donors (Lipinski definition) is 0. The van der Waals surface area contributed by atoms with Crippen molar-refractivity contribution in [2.75, 3.05) is 0 Å². The van der Waals surface area contributed by atoms with Gasteiger partial charge in [-0.3, -0.25) is 19.2 Å². The van der Waals surface area contributed by atoms with E-state index in [-0.39, 0.29) is 22.3 Å². The largest absolute Gasteiger partial charge is 0.276 e. The molecule has 0 spiro atoms. The summed E-state index contributed by atoms with van der Waals surface area (Å²) in [6.45, 7) is 0. The molecule has 0 aliphatic heterocycles. The molecule has 0 amide bonds. The Kier molecular flexibility index (Phi) is 8.08. The Morgan fingerprint density at radius 1 is 0.542 bits per heavy atom. The summed E-state index contributed by atoms with van der Waals surface area (Å²) in [6, 6.07) is 12.0. The molecule has 124 valence electrons. The minimum atomic E-state index is -0.681. The van der Waals surface area contributed by atoms with E-state index in [2.05, 4.69) is 0 Å². The average molecular weight is 406 g/mol. The SMILES string of the molecule is O=C(Cl)c1cccc(C(=O)Cl)c1.O=C(Cl)c1ccccc1C(=O)Cl. The molecule has 0 unspecified atom stereocenters. The van der Waals surface area contributed by atoms with Crippen LogP contribution >= 0.6 is 46.4 Å². The fraction of sp³-hybridized carbons (Fsp3) is 0. The summed E-state index contributed by atoms with van der Waals surface area (Å²) < 4.78 is 0. The summed E-state index contributed by atoms with van der Waals surface area (Å²) in [5.74, 6) is 0. The molecule has 0 radical (unpaired) electrons. The van der Waals surface area contributed by atoms with Gasteiger partial charge in [-0.05, 0) is 64.6 Å². The van der Waals surface area contributed by atoms with Crippen molar-refractivity contribution in [1.82, 2.24) is 0 Å². The maximum absolute atomic E-state index is 10.7. The molecular weight excluding hydrogens is 398 g/mol. The van der Waals surface area contributed by atoms with Crippen molar-refractivity contribution < 1.29 is 19.2 Å². The van der Waals surface area contributed by atoms with E-state index >= 15 is 0 Å². The Bertz CT molecular complexity index is 740. The Labute approximate surface area is 157 Å². The Morgan fingerprint density at radius 2 is 0.917 bits per heavy atom. The van der Waals surface area contributed by atoms with Gasteiger partial charge in [0.05, 0.1) is 0 Å². The third-order valence-corrected chi connectivity index (χ3v) is 3.51. The third-order valence-electron chi connectivity index (χ3n) is 2.67. The summed E-state index contributed by atoms with van der Waals surface area (Å²) in [4.78, 5) is 42.7. The molecule has 0 atom stereocenters. The van der Waals surface area contributed by atoms with Crippen LogP contribution in [0.15, 0.2) is 48.5 Å². The molecule has 2 rings (SSSR count). The first-order valence-corrected chi connectivity index (χ1v) is 7.73. The minimum Gasteiger partial charge on any atom is -0.276 e. The monoisotopic (exact) mass is 404 g/mol. The van der Waals surface area contributed by atoms with Gasteiger partial charge in [-0.1, -0.05) is 30.3 Å². The van der Waals surface area contributed by atoms with Crippen molar-refractivity contribution >= 4 is 67.4 Å². The molecule has 0 aromatic heterocycles. The van der Waals surface area contributed by atoms with Crippen molar-refractivity contribution in [3.8, 4) is 0 Å². The minimum absolute atomic E-state index is 0.138. The summed E-state index contributed by atoms with van der Waals surface area (Å²) >= 11 is 20.8. The van der Waals surface area contributed by atoms with Gasteiger partial charge in [-0.25, -0.2) is 0 Å². The van der Waals surface area contributed by atoms with E-state index in [0.717, 1.165) is 0 Å². The zero-order valence-electron chi connectivity index (χ0n) is 11.8. The molecule has 0 aliphatic carbocycles. The summed E-state index contributed by atoms with van der Waals surface area (Å²) in [5, 5.41) is -2.57. The van der Waals surface area contributed by atoms with Gasteiger partial charge in [0.25, 0.3) is 21.0 Å². The topological polar surface area (TPSA) is 68.3 Å². The second kappa shape index (κ2) is 9.55. The quantitative estimate of drug-likeness (QED) is 0.679. The second-order valence-corrected chi connectivity index (χ2v) is 5.59.